The maximum atomic E-state index is 11.9. The number of carbonyl (C=O) groups is 3. The molecule has 0 bridgehead atoms. The molecule has 0 aromatic heterocycles. The molecular formula is C14H19N3O4. The van der Waals surface area contributed by atoms with Gasteiger partial charge >= 0.3 is 12.0 Å². The number of anilines is 1. The summed E-state index contributed by atoms with van der Waals surface area (Å²) in [5.41, 5.74) is 0.434. The number of hydrogen-bond donors (Lipinski definition) is 3. The van der Waals surface area contributed by atoms with E-state index in [9.17, 15) is 14.4 Å². The van der Waals surface area contributed by atoms with Crippen LogP contribution in [0.3, 0.4) is 0 Å². The minimum atomic E-state index is -1.07. The number of aromatic carboxylic acids is 1. The zero-order valence-electron chi connectivity index (χ0n) is 12.2. The van der Waals surface area contributed by atoms with Crippen LogP contribution in [0.5, 0.6) is 0 Å². The van der Waals surface area contributed by atoms with Crippen molar-refractivity contribution in [2.75, 3.05) is 18.9 Å². The normalized spacial score (nSPS) is 10.1. The Labute approximate surface area is 122 Å². The highest BCUT2D eigenvalue weighted by Gasteiger charge is 2.14. The van der Waals surface area contributed by atoms with Gasteiger partial charge in [-0.1, -0.05) is 6.07 Å². The molecule has 3 amide bonds. The highest BCUT2D eigenvalue weighted by molar-refractivity contribution is 5.94. The van der Waals surface area contributed by atoms with Crippen LogP contribution >= 0.6 is 0 Å². The molecule has 7 heteroatoms. The number of likely N-dealkylation sites (N-methyl/N-ethyl adjacent to an activating group) is 1. The van der Waals surface area contributed by atoms with E-state index < -0.39 is 12.0 Å². The van der Waals surface area contributed by atoms with Crippen LogP contribution in [0.4, 0.5) is 10.5 Å². The molecule has 0 radical (unpaired) electrons. The molecule has 0 saturated carbocycles. The molecule has 21 heavy (non-hydrogen) atoms. The molecule has 0 heterocycles. The molecule has 0 aliphatic rings. The Hall–Kier alpha value is -2.57. The molecule has 0 atom stereocenters. The van der Waals surface area contributed by atoms with Gasteiger partial charge in [0.15, 0.2) is 0 Å². The fraction of sp³-hybridized carbons (Fsp3) is 0.357. The first kappa shape index (κ1) is 16.5. The molecule has 114 valence electrons. The second-order valence-electron chi connectivity index (χ2n) is 4.89. The quantitative estimate of drug-likeness (QED) is 0.763. The summed E-state index contributed by atoms with van der Waals surface area (Å²) in [4.78, 5) is 35.5. The van der Waals surface area contributed by atoms with E-state index in [0.29, 0.717) is 5.69 Å². The largest absolute Gasteiger partial charge is 0.478 e. The van der Waals surface area contributed by atoms with Crippen LogP contribution in [0.2, 0.25) is 0 Å². The predicted octanol–water partition coefficient (Wildman–Crippen LogP) is 1.37. The second-order valence-corrected chi connectivity index (χ2v) is 4.89. The molecule has 0 aliphatic carbocycles. The van der Waals surface area contributed by atoms with Crippen LogP contribution in [0.25, 0.3) is 0 Å². The van der Waals surface area contributed by atoms with Crippen molar-refractivity contribution in [2.24, 2.45) is 0 Å². The molecule has 7 nitrogen and oxygen atoms in total. The third-order valence-electron chi connectivity index (χ3n) is 2.54. The van der Waals surface area contributed by atoms with Crippen molar-refractivity contribution >= 4 is 23.6 Å². The number of carboxylic acids is 1. The monoisotopic (exact) mass is 293 g/mol. The van der Waals surface area contributed by atoms with Crippen molar-refractivity contribution in [3.63, 3.8) is 0 Å². The summed E-state index contributed by atoms with van der Waals surface area (Å²) < 4.78 is 0. The third-order valence-corrected chi connectivity index (χ3v) is 2.54. The summed E-state index contributed by atoms with van der Waals surface area (Å²) in [5.74, 6) is -1.34. The number of carbonyl (C=O) groups excluding carboxylic acids is 2. The summed E-state index contributed by atoms with van der Waals surface area (Å²) in [6, 6.07) is 5.40. The first-order valence-corrected chi connectivity index (χ1v) is 6.44. The second kappa shape index (κ2) is 7.28. The van der Waals surface area contributed by atoms with E-state index in [2.05, 4.69) is 10.6 Å². The predicted molar refractivity (Wildman–Crippen MR) is 78.3 cm³/mol. The van der Waals surface area contributed by atoms with Gasteiger partial charge in [0, 0.05) is 18.8 Å². The zero-order chi connectivity index (χ0) is 16.0. The standard InChI is InChI=1S/C14H19N3O4/c1-9(2)15-12(18)8-17(3)14(21)16-11-6-4-5-10(7-11)13(19)20/h4-7,9H,8H2,1-3H3,(H,15,18)(H,16,21)(H,19,20). The van der Waals surface area contributed by atoms with Crippen LogP contribution in [-0.2, 0) is 4.79 Å². The number of hydrogen-bond acceptors (Lipinski definition) is 3. The van der Waals surface area contributed by atoms with Gasteiger partial charge < -0.3 is 20.6 Å². The van der Waals surface area contributed by atoms with Crippen molar-refractivity contribution in [2.45, 2.75) is 19.9 Å². The number of carboxylic acid groups (broad SMARTS) is 1. The van der Waals surface area contributed by atoms with Gasteiger partial charge in [0.1, 0.15) is 6.54 Å². The lowest BCUT2D eigenvalue weighted by Crippen LogP contribution is -2.42. The van der Waals surface area contributed by atoms with Crippen molar-refractivity contribution in [3.8, 4) is 0 Å². The summed E-state index contributed by atoms with van der Waals surface area (Å²) in [6.45, 7) is 3.58. The Bertz CT molecular complexity index is 543. The molecule has 3 N–H and O–H groups in total. The topological polar surface area (TPSA) is 98.7 Å². The minimum absolute atomic E-state index is 0.00112. The lowest BCUT2D eigenvalue weighted by molar-refractivity contribution is -0.121. The van der Waals surface area contributed by atoms with E-state index in [1.165, 1.54) is 30.1 Å². The molecule has 1 aromatic carbocycles. The minimum Gasteiger partial charge on any atom is -0.478 e. The Morgan fingerprint density at radius 2 is 1.95 bits per heavy atom. The van der Waals surface area contributed by atoms with Gasteiger partial charge in [-0.3, -0.25) is 4.79 Å². The summed E-state index contributed by atoms with van der Waals surface area (Å²) in [7, 11) is 1.48. The van der Waals surface area contributed by atoms with E-state index >= 15 is 0 Å². The third kappa shape index (κ3) is 5.52. The number of benzene rings is 1. The Kier molecular flexibility index (Phi) is 5.71. The van der Waals surface area contributed by atoms with Crippen LogP contribution in [-0.4, -0.2) is 47.5 Å². The smallest absolute Gasteiger partial charge is 0.335 e. The first-order chi connectivity index (χ1) is 9.79. The van der Waals surface area contributed by atoms with Crippen LogP contribution < -0.4 is 10.6 Å². The van der Waals surface area contributed by atoms with E-state index in [1.54, 1.807) is 6.07 Å². The fourth-order valence-corrected chi connectivity index (χ4v) is 1.60. The molecule has 0 spiro atoms. The van der Waals surface area contributed by atoms with Gasteiger partial charge in [0.2, 0.25) is 5.91 Å². The van der Waals surface area contributed by atoms with E-state index in [1.807, 2.05) is 13.8 Å². The highest BCUT2D eigenvalue weighted by Crippen LogP contribution is 2.11. The molecule has 1 rings (SSSR count). The number of urea groups is 1. The van der Waals surface area contributed by atoms with Gasteiger partial charge in [-0.2, -0.15) is 0 Å². The Balaban J connectivity index is 2.62. The molecule has 0 unspecified atom stereocenters. The fourth-order valence-electron chi connectivity index (χ4n) is 1.60. The highest BCUT2D eigenvalue weighted by atomic mass is 16.4. The lowest BCUT2D eigenvalue weighted by atomic mass is 10.2. The van der Waals surface area contributed by atoms with Gasteiger partial charge in [-0.05, 0) is 32.0 Å². The molecule has 0 fully saturated rings. The number of nitrogens with one attached hydrogen (secondary N) is 2. The van der Waals surface area contributed by atoms with Crippen LogP contribution in [0.15, 0.2) is 24.3 Å². The van der Waals surface area contributed by atoms with Crippen LogP contribution in [0.1, 0.15) is 24.2 Å². The maximum Gasteiger partial charge on any atom is 0.335 e. The molecule has 1 aromatic rings. The maximum absolute atomic E-state index is 11.9. The summed E-state index contributed by atoms with van der Waals surface area (Å²) in [6.07, 6.45) is 0. The number of amides is 3. The number of nitrogens with zero attached hydrogens (tertiary/aromatic N) is 1. The van der Waals surface area contributed by atoms with Gasteiger partial charge in [0.05, 0.1) is 5.56 Å². The zero-order valence-corrected chi connectivity index (χ0v) is 12.2. The van der Waals surface area contributed by atoms with Crippen molar-refractivity contribution in [1.29, 1.82) is 0 Å². The van der Waals surface area contributed by atoms with E-state index in [4.69, 9.17) is 5.11 Å². The molecule has 0 saturated heterocycles. The average Bonchev–Trinajstić information content (AvgIpc) is 2.37. The van der Waals surface area contributed by atoms with Gasteiger partial charge in [-0.25, -0.2) is 9.59 Å². The average molecular weight is 293 g/mol. The van der Waals surface area contributed by atoms with Crippen LogP contribution in [0, 0.1) is 0 Å². The van der Waals surface area contributed by atoms with E-state index in [-0.39, 0.29) is 24.1 Å². The Morgan fingerprint density at radius 1 is 1.29 bits per heavy atom. The van der Waals surface area contributed by atoms with Crippen molar-refractivity contribution < 1.29 is 19.5 Å². The van der Waals surface area contributed by atoms with Crippen molar-refractivity contribution in [3.05, 3.63) is 29.8 Å². The molecular weight excluding hydrogens is 274 g/mol. The molecule has 0 aliphatic heterocycles. The summed E-state index contributed by atoms with van der Waals surface area (Å²) >= 11 is 0. The summed E-state index contributed by atoms with van der Waals surface area (Å²) in [5, 5.41) is 14.1. The van der Waals surface area contributed by atoms with E-state index in [0.717, 1.165) is 0 Å². The SMILES string of the molecule is CC(C)NC(=O)CN(C)C(=O)Nc1cccc(C(=O)O)c1. The van der Waals surface area contributed by atoms with Gasteiger partial charge in [0.25, 0.3) is 0 Å². The Morgan fingerprint density at radius 3 is 2.52 bits per heavy atom. The lowest BCUT2D eigenvalue weighted by Gasteiger charge is -2.18. The number of rotatable bonds is 5. The first-order valence-electron chi connectivity index (χ1n) is 6.44. The van der Waals surface area contributed by atoms with Gasteiger partial charge in [-0.15, -0.1) is 0 Å². The van der Waals surface area contributed by atoms with Crippen molar-refractivity contribution in [1.82, 2.24) is 10.2 Å².